The molecule has 0 heterocycles. The van der Waals surface area contributed by atoms with E-state index in [2.05, 4.69) is 0 Å². The first-order valence-electron chi connectivity index (χ1n) is 6.20. The molecule has 0 spiro atoms. The Balaban J connectivity index is 2.69. The zero-order chi connectivity index (χ0) is 13.4. The van der Waals surface area contributed by atoms with E-state index in [0.717, 1.165) is 5.56 Å². The van der Waals surface area contributed by atoms with Crippen LogP contribution in [-0.2, 0) is 16.1 Å². The molecular weight excluding hydrogens is 228 g/mol. The highest BCUT2D eigenvalue weighted by Gasteiger charge is 2.19. The summed E-state index contributed by atoms with van der Waals surface area (Å²) in [5.41, 5.74) is 6.67. The van der Waals surface area contributed by atoms with Crippen LogP contribution in [0.3, 0.4) is 0 Å². The summed E-state index contributed by atoms with van der Waals surface area (Å²) in [6.45, 7) is 3.96. The Kier molecular flexibility index (Phi) is 6.39. The van der Waals surface area contributed by atoms with Gasteiger partial charge in [0.15, 0.2) is 0 Å². The third-order valence-electron chi connectivity index (χ3n) is 2.87. The monoisotopic (exact) mass is 250 g/mol. The number of carbonyl (C=O) groups is 1. The third-order valence-corrected chi connectivity index (χ3v) is 2.87. The lowest BCUT2D eigenvalue weighted by Crippen LogP contribution is -2.39. The van der Waals surface area contributed by atoms with Gasteiger partial charge in [0.05, 0.1) is 6.61 Å². The summed E-state index contributed by atoms with van der Waals surface area (Å²) in [6.07, 6.45) is 0. The molecule has 1 unspecified atom stereocenters. The van der Waals surface area contributed by atoms with Crippen molar-refractivity contribution in [2.75, 3.05) is 26.8 Å². The molecule has 1 atom stereocenters. The molecule has 0 aliphatic carbocycles. The molecule has 0 fully saturated rings. The predicted molar refractivity (Wildman–Crippen MR) is 72.0 cm³/mol. The van der Waals surface area contributed by atoms with Gasteiger partial charge in [-0.25, -0.2) is 0 Å². The van der Waals surface area contributed by atoms with Crippen LogP contribution in [0.15, 0.2) is 30.3 Å². The van der Waals surface area contributed by atoms with Gasteiger partial charge >= 0.3 is 0 Å². The summed E-state index contributed by atoms with van der Waals surface area (Å²) in [4.78, 5) is 14.0. The van der Waals surface area contributed by atoms with E-state index in [1.54, 1.807) is 12.0 Å². The molecule has 0 aromatic heterocycles. The van der Waals surface area contributed by atoms with Gasteiger partial charge in [0.25, 0.3) is 0 Å². The number of carbonyl (C=O) groups excluding carboxylic acids is 1. The minimum Gasteiger partial charge on any atom is -0.383 e. The average Bonchev–Trinajstić information content (AvgIpc) is 2.42. The first kappa shape index (κ1) is 14.7. The fraction of sp³-hybridized carbons (Fsp3) is 0.500. The Morgan fingerprint density at radius 1 is 1.39 bits per heavy atom. The Labute approximate surface area is 109 Å². The maximum atomic E-state index is 12.2. The van der Waals surface area contributed by atoms with E-state index in [1.807, 2.05) is 37.3 Å². The highest BCUT2D eigenvalue weighted by atomic mass is 16.5. The number of amides is 1. The van der Waals surface area contributed by atoms with E-state index in [4.69, 9.17) is 10.5 Å². The van der Waals surface area contributed by atoms with Gasteiger partial charge in [-0.2, -0.15) is 0 Å². The number of benzene rings is 1. The van der Waals surface area contributed by atoms with Crippen molar-refractivity contribution in [2.24, 2.45) is 11.7 Å². The van der Waals surface area contributed by atoms with E-state index < -0.39 is 0 Å². The maximum absolute atomic E-state index is 12.2. The van der Waals surface area contributed by atoms with Gasteiger partial charge in [-0.3, -0.25) is 4.79 Å². The molecule has 1 aromatic carbocycles. The van der Waals surface area contributed by atoms with Crippen molar-refractivity contribution in [3.05, 3.63) is 35.9 Å². The molecule has 0 radical (unpaired) electrons. The molecule has 0 aliphatic heterocycles. The van der Waals surface area contributed by atoms with Crippen LogP contribution in [0.2, 0.25) is 0 Å². The van der Waals surface area contributed by atoms with Crippen molar-refractivity contribution in [2.45, 2.75) is 13.5 Å². The molecule has 100 valence electrons. The topological polar surface area (TPSA) is 55.6 Å². The second-order valence-corrected chi connectivity index (χ2v) is 4.37. The second kappa shape index (κ2) is 7.84. The summed E-state index contributed by atoms with van der Waals surface area (Å²) < 4.78 is 5.05. The number of hydrogen-bond acceptors (Lipinski definition) is 3. The fourth-order valence-electron chi connectivity index (χ4n) is 1.68. The lowest BCUT2D eigenvalue weighted by molar-refractivity contribution is -0.136. The van der Waals surface area contributed by atoms with Gasteiger partial charge in [-0.15, -0.1) is 0 Å². The predicted octanol–water partition coefficient (Wildman–Crippen LogP) is 1.26. The molecule has 0 saturated heterocycles. The minimum absolute atomic E-state index is 0.0819. The van der Waals surface area contributed by atoms with E-state index in [9.17, 15) is 4.79 Å². The minimum atomic E-state index is -0.148. The smallest absolute Gasteiger partial charge is 0.227 e. The van der Waals surface area contributed by atoms with E-state index in [0.29, 0.717) is 26.2 Å². The van der Waals surface area contributed by atoms with Crippen LogP contribution in [0.25, 0.3) is 0 Å². The van der Waals surface area contributed by atoms with Crippen molar-refractivity contribution in [1.29, 1.82) is 0 Å². The summed E-state index contributed by atoms with van der Waals surface area (Å²) >= 11 is 0. The Morgan fingerprint density at radius 2 is 2.06 bits per heavy atom. The summed E-state index contributed by atoms with van der Waals surface area (Å²) in [5, 5.41) is 0. The van der Waals surface area contributed by atoms with E-state index >= 15 is 0 Å². The zero-order valence-corrected chi connectivity index (χ0v) is 11.1. The summed E-state index contributed by atoms with van der Waals surface area (Å²) in [6, 6.07) is 9.94. The lowest BCUT2D eigenvalue weighted by atomic mass is 10.1. The van der Waals surface area contributed by atoms with Crippen LogP contribution in [0, 0.1) is 5.92 Å². The molecule has 4 nitrogen and oxygen atoms in total. The zero-order valence-electron chi connectivity index (χ0n) is 11.1. The highest BCUT2D eigenvalue weighted by molar-refractivity contribution is 5.78. The van der Waals surface area contributed by atoms with Gasteiger partial charge in [-0.05, 0) is 5.56 Å². The molecule has 4 heteroatoms. The lowest BCUT2D eigenvalue weighted by Gasteiger charge is -2.25. The highest BCUT2D eigenvalue weighted by Crippen LogP contribution is 2.08. The van der Waals surface area contributed by atoms with Crippen LogP contribution in [0.1, 0.15) is 12.5 Å². The molecule has 0 saturated carbocycles. The van der Waals surface area contributed by atoms with Gasteiger partial charge < -0.3 is 15.4 Å². The van der Waals surface area contributed by atoms with Gasteiger partial charge in [-0.1, -0.05) is 37.3 Å². The van der Waals surface area contributed by atoms with Crippen molar-refractivity contribution in [3.8, 4) is 0 Å². The van der Waals surface area contributed by atoms with Crippen molar-refractivity contribution >= 4 is 5.91 Å². The molecule has 2 N–H and O–H groups in total. The number of nitrogens with two attached hydrogens (primary N) is 1. The van der Waals surface area contributed by atoms with Crippen LogP contribution in [0.5, 0.6) is 0 Å². The van der Waals surface area contributed by atoms with Gasteiger partial charge in [0.2, 0.25) is 5.91 Å². The van der Waals surface area contributed by atoms with Crippen LogP contribution >= 0.6 is 0 Å². The number of methoxy groups -OCH3 is 1. The number of hydrogen-bond donors (Lipinski definition) is 1. The Hall–Kier alpha value is -1.39. The quantitative estimate of drug-likeness (QED) is 0.792. The normalized spacial score (nSPS) is 12.2. The number of ether oxygens (including phenoxy) is 1. The SMILES string of the molecule is COCCN(Cc1ccccc1)C(=O)C(C)CN. The van der Waals surface area contributed by atoms with Crippen molar-refractivity contribution < 1.29 is 9.53 Å². The first-order chi connectivity index (χ1) is 8.69. The maximum Gasteiger partial charge on any atom is 0.227 e. The largest absolute Gasteiger partial charge is 0.383 e. The van der Waals surface area contributed by atoms with Crippen molar-refractivity contribution in [3.63, 3.8) is 0 Å². The van der Waals surface area contributed by atoms with Crippen molar-refractivity contribution in [1.82, 2.24) is 4.90 Å². The fourth-order valence-corrected chi connectivity index (χ4v) is 1.68. The Bertz CT molecular complexity index is 354. The summed E-state index contributed by atoms with van der Waals surface area (Å²) in [5.74, 6) is -0.0658. The molecule has 1 rings (SSSR count). The van der Waals surface area contributed by atoms with Crippen LogP contribution in [-0.4, -0.2) is 37.6 Å². The standard InChI is InChI=1S/C14H22N2O2/c1-12(10-15)14(17)16(8-9-18-2)11-13-6-4-3-5-7-13/h3-7,12H,8-11,15H2,1-2H3. The average molecular weight is 250 g/mol. The first-order valence-corrected chi connectivity index (χ1v) is 6.20. The molecule has 18 heavy (non-hydrogen) atoms. The van der Waals surface area contributed by atoms with E-state index in [-0.39, 0.29) is 11.8 Å². The van der Waals surface area contributed by atoms with Crippen LogP contribution < -0.4 is 5.73 Å². The molecule has 0 aliphatic rings. The molecular formula is C14H22N2O2. The van der Waals surface area contributed by atoms with Gasteiger partial charge in [0, 0.05) is 32.7 Å². The number of nitrogens with zero attached hydrogens (tertiary/aromatic N) is 1. The van der Waals surface area contributed by atoms with Gasteiger partial charge in [0.1, 0.15) is 0 Å². The molecule has 1 aromatic rings. The van der Waals surface area contributed by atoms with E-state index in [1.165, 1.54) is 0 Å². The van der Waals surface area contributed by atoms with Crippen LogP contribution in [0.4, 0.5) is 0 Å². The number of rotatable bonds is 7. The Morgan fingerprint density at radius 3 is 2.61 bits per heavy atom. The molecule has 1 amide bonds. The third kappa shape index (κ3) is 4.47. The molecule has 0 bridgehead atoms. The second-order valence-electron chi connectivity index (χ2n) is 4.37. The summed E-state index contributed by atoms with van der Waals surface area (Å²) in [7, 11) is 1.64.